The van der Waals surface area contributed by atoms with Crippen LogP contribution in [0.4, 0.5) is 28.7 Å². The molecule has 0 bridgehead atoms. The molecule has 8 aromatic heterocycles. The molecule has 474 valence electrons. The van der Waals surface area contributed by atoms with Crippen LogP contribution in [0.2, 0.25) is 0 Å². The van der Waals surface area contributed by atoms with Crippen molar-refractivity contribution in [3.63, 3.8) is 0 Å². The summed E-state index contributed by atoms with van der Waals surface area (Å²) >= 11 is 0. The van der Waals surface area contributed by atoms with Gasteiger partial charge in [0.1, 0.15) is 34.9 Å². The molecule has 12 aromatic rings. The van der Waals surface area contributed by atoms with Gasteiger partial charge in [0, 0.05) is 88.7 Å². The van der Waals surface area contributed by atoms with Crippen LogP contribution in [0.5, 0.6) is 0 Å². The van der Waals surface area contributed by atoms with Crippen LogP contribution in [0, 0.1) is 61.3 Å². The first-order valence-corrected chi connectivity index (χ1v) is 30.2. The number of carbonyl (C=O) groups excluding carboxylic acids is 1. The van der Waals surface area contributed by atoms with Gasteiger partial charge in [-0.3, -0.25) is 48.4 Å². The summed E-state index contributed by atoms with van der Waals surface area (Å²) in [5.74, 6) is 3.46. The highest BCUT2D eigenvalue weighted by atomic mass is 32.1. The molecule has 0 saturated carbocycles. The third kappa shape index (κ3) is 16.0. The number of fused-ring (bicyclic) bond motifs is 2. The van der Waals surface area contributed by atoms with E-state index in [1.807, 2.05) is 199 Å². The summed E-state index contributed by atoms with van der Waals surface area (Å²) in [5.41, 5.74) is 10.8. The number of allylic oxidation sites excluding steroid dienone is 4. The third-order valence-corrected chi connectivity index (χ3v) is 15.1. The molecule has 96 heavy (non-hydrogen) atoms. The molecule has 13 rings (SSSR count). The van der Waals surface area contributed by atoms with Gasteiger partial charge in [0.15, 0.2) is 5.78 Å². The molecule has 1 aliphatic rings. The Labute approximate surface area is 562 Å². The summed E-state index contributed by atoms with van der Waals surface area (Å²) in [6.45, 7) is 36.9. The molecule has 0 unspecified atom stereocenters. The Bertz CT molecular complexity index is 5150. The topological polar surface area (TPSA) is 227 Å². The van der Waals surface area contributed by atoms with Gasteiger partial charge >= 0.3 is 0 Å². The molecule has 20 nitrogen and oxygen atoms in total. The number of ketones is 1. The second kappa shape index (κ2) is 31.2. The summed E-state index contributed by atoms with van der Waals surface area (Å²) in [4.78, 5) is 92.0. The molecule has 0 fully saturated rings. The molecule has 21 heteroatoms. The zero-order valence-corrected chi connectivity index (χ0v) is 54.8. The lowest BCUT2D eigenvalue weighted by atomic mass is 9.94. The first-order valence-electron chi connectivity index (χ1n) is 30.2. The number of benzene rings is 4. The van der Waals surface area contributed by atoms with Gasteiger partial charge in [-0.1, -0.05) is 84.9 Å². The van der Waals surface area contributed by atoms with Crippen molar-refractivity contribution in [3.8, 4) is 33.9 Å². The van der Waals surface area contributed by atoms with Crippen LogP contribution in [-0.4, -0.2) is 64.8 Å². The summed E-state index contributed by atoms with van der Waals surface area (Å²) in [6.07, 6.45) is 15.5. The lowest BCUT2D eigenvalue weighted by molar-refractivity contribution is -0.113. The average molecular weight is 1280 g/mol. The first-order chi connectivity index (χ1) is 46.0. The number of rotatable bonds is 11. The molecular weight excluding hydrogens is 1220 g/mol. The van der Waals surface area contributed by atoms with E-state index < -0.39 is 0 Å². The lowest BCUT2D eigenvalue weighted by Crippen LogP contribution is -2.26. The van der Waals surface area contributed by atoms with Crippen LogP contribution in [0.3, 0.4) is 0 Å². The Morgan fingerprint density at radius 3 is 1.54 bits per heavy atom. The standard InChI is InChI=1S/C29H23N5O2.C23H19N5O.C12H10N4.C11H11N3.H2S/c1-18(32-28-25(30-3)17-31-19(2)33-28)26-16-21-10-8-14-24(20-9-7-13-23(35)15-20)27(21)29(36)34(26)22-11-5-4-6-12-22;1-15(26-22-20(24-3)14-25-16(2)27-22)21-13-17-9-7-8-12-19(17)23(29)28(21)18-10-5-4-6-11-18;1-8-6-10(4-5-14-8)12-11(13-3)7-15-9(2)16-12;1-8-7-10(3-5-12-8)11-4-6-13-9(2)14-11;/h4-12,14-18H,13H2,1-2H3,(H,31,32,33);4-15H,1-2H3,(H,25,26,27);4-7H,1-2H3;3-7H,1-2H3;1H2/t18-;15-;;;/m00.../s1. The van der Waals surface area contributed by atoms with Crippen LogP contribution in [0.15, 0.2) is 211 Å². The van der Waals surface area contributed by atoms with Crippen molar-refractivity contribution in [2.24, 2.45) is 0 Å². The highest BCUT2D eigenvalue weighted by Gasteiger charge is 2.22. The fourth-order valence-corrected chi connectivity index (χ4v) is 10.6. The molecule has 0 aliphatic heterocycles. The molecule has 4 aromatic carbocycles. The number of pyridine rings is 4. The van der Waals surface area contributed by atoms with Crippen molar-refractivity contribution in [1.29, 1.82) is 0 Å². The van der Waals surface area contributed by atoms with E-state index in [-0.39, 0.29) is 42.5 Å². The summed E-state index contributed by atoms with van der Waals surface area (Å²) in [6, 6.07) is 45.2. The molecule has 8 heterocycles. The smallest absolute Gasteiger partial charge is 0.263 e. The zero-order chi connectivity index (χ0) is 67.1. The molecule has 0 radical (unpaired) electrons. The van der Waals surface area contributed by atoms with Crippen molar-refractivity contribution in [2.75, 3.05) is 10.6 Å². The second-order valence-corrected chi connectivity index (χ2v) is 22.0. The van der Waals surface area contributed by atoms with Gasteiger partial charge in [0.2, 0.25) is 17.1 Å². The predicted molar refractivity (Wildman–Crippen MR) is 382 cm³/mol. The molecule has 0 spiro atoms. The van der Waals surface area contributed by atoms with Gasteiger partial charge in [0.05, 0.1) is 48.6 Å². The van der Waals surface area contributed by atoms with Crippen molar-refractivity contribution in [1.82, 2.24) is 59.0 Å². The van der Waals surface area contributed by atoms with E-state index in [1.54, 1.807) is 53.8 Å². The maximum atomic E-state index is 14.2. The van der Waals surface area contributed by atoms with Crippen molar-refractivity contribution in [2.45, 2.75) is 73.9 Å². The van der Waals surface area contributed by atoms with Crippen molar-refractivity contribution < 1.29 is 4.79 Å². The Hall–Kier alpha value is -12.5. The number of carbonyl (C=O) groups is 1. The predicted octanol–water partition coefficient (Wildman–Crippen LogP) is 15.5. The summed E-state index contributed by atoms with van der Waals surface area (Å²) in [7, 11) is 0. The van der Waals surface area contributed by atoms with E-state index >= 15 is 0 Å². The van der Waals surface area contributed by atoms with Gasteiger partial charge in [-0.25, -0.2) is 39.5 Å². The fraction of sp³-hybridized carbons (Fsp3) is 0.147. The maximum absolute atomic E-state index is 14.2. The summed E-state index contributed by atoms with van der Waals surface area (Å²) in [5, 5.41) is 9.45. The minimum absolute atomic E-state index is 0. The zero-order valence-electron chi connectivity index (χ0n) is 53.8. The summed E-state index contributed by atoms with van der Waals surface area (Å²) < 4.78 is 3.40. The van der Waals surface area contributed by atoms with E-state index in [4.69, 9.17) is 19.7 Å². The van der Waals surface area contributed by atoms with E-state index in [2.05, 4.69) is 75.0 Å². The van der Waals surface area contributed by atoms with Crippen LogP contribution in [-0.2, 0) is 4.79 Å². The van der Waals surface area contributed by atoms with Gasteiger partial charge in [-0.05, 0) is 162 Å². The number of anilines is 2. The van der Waals surface area contributed by atoms with E-state index in [1.165, 1.54) is 12.4 Å². The van der Waals surface area contributed by atoms with E-state index in [9.17, 15) is 14.4 Å². The van der Waals surface area contributed by atoms with Gasteiger partial charge in [-0.15, -0.1) is 0 Å². The quantitative estimate of drug-likeness (QED) is 0.115. The molecular formula is C75H65N17O3S. The monoisotopic (exact) mass is 1280 g/mol. The maximum Gasteiger partial charge on any atom is 0.263 e. The van der Waals surface area contributed by atoms with Gasteiger partial charge in [0.25, 0.3) is 11.1 Å². The molecule has 0 saturated heterocycles. The van der Waals surface area contributed by atoms with Crippen LogP contribution < -0.4 is 21.8 Å². The van der Waals surface area contributed by atoms with Crippen molar-refractivity contribution >= 4 is 75.1 Å². The molecule has 2 atom stereocenters. The van der Waals surface area contributed by atoms with Crippen LogP contribution in [0.1, 0.15) is 84.0 Å². The minimum Gasteiger partial charge on any atom is -0.371 e. The fourth-order valence-electron chi connectivity index (χ4n) is 10.6. The first kappa shape index (κ1) is 67.9. The second-order valence-electron chi connectivity index (χ2n) is 22.0. The molecule has 0 amide bonds. The van der Waals surface area contributed by atoms with E-state index in [0.717, 1.165) is 73.0 Å². The van der Waals surface area contributed by atoms with Gasteiger partial charge in [-0.2, -0.15) is 13.5 Å². The van der Waals surface area contributed by atoms with Crippen LogP contribution in [0.25, 0.3) is 75.5 Å². The Morgan fingerprint density at radius 1 is 0.490 bits per heavy atom. The van der Waals surface area contributed by atoms with E-state index in [0.29, 0.717) is 74.8 Å². The molecule has 2 N–H and O–H groups in total. The number of para-hydroxylation sites is 2. The SMILES string of the molecule is Cc1cc(-c2ccnc(C)n2)ccn1.S.[C-]#[N+]c1cnc(C)nc1-c1ccnc(C)c1.[C-]#[N+]c1cnc(C)nc1N[C@@H](C)c1cc2cccc(C3=CC(=O)CC=C3)c2c(=O)n1-c1ccccc1.[C-]#[N+]c1cnc(C)nc1N[C@@H](C)c1cc2ccccc2c(=O)n1-c1ccccc1. The lowest BCUT2D eigenvalue weighted by Gasteiger charge is -2.22. The average Bonchev–Trinajstić information content (AvgIpc) is 0.757. The van der Waals surface area contributed by atoms with Crippen molar-refractivity contribution in [3.05, 3.63) is 308 Å². The number of hydrogen-bond acceptors (Lipinski definition) is 15. The van der Waals surface area contributed by atoms with Crippen LogP contribution >= 0.6 is 13.5 Å². The van der Waals surface area contributed by atoms with Gasteiger partial charge < -0.3 is 10.6 Å². The third-order valence-electron chi connectivity index (χ3n) is 15.1. The highest BCUT2D eigenvalue weighted by molar-refractivity contribution is 7.59. The number of aromatic nitrogens is 12. The number of nitrogens with zero attached hydrogens (tertiary/aromatic N) is 15. The largest absolute Gasteiger partial charge is 0.371 e. The highest BCUT2D eigenvalue weighted by Crippen LogP contribution is 2.33. The minimum atomic E-state index is -0.365. The number of aryl methyl sites for hydroxylation is 6. The molecule has 1 aliphatic carbocycles. The Morgan fingerprint density at radius 2 is 0.979 bits per heavy atom. The normalized spacial score (nSPS) is 11.8. The number of nitrogens with one attached hydrogen (secondary N) is 2. The Kier molecular flexibility index (Phi) is 22.1. The number of hydrogen-bond donors (Lipinski definition) is 2. The Balaban J connectivity index is 0.000000160.